The van der Waals surface area contributed by atoms with E-state index in [1.165, 1.54) is 37.0 Å². The zero-order valence-corrected chi connectivity index (χ0v) is 16.3. The van der Waals surface area contributed by atoms with Crippen LogP contribution in [0.1, 0.15) is 68.1 Å². The first kappa shape index (κ1) is 20.4. The first-order chi connectivity index (χ1) is 13.6. The molecular weight excluding hydrogens is 357 g/mol. The minimum absolute atomic E-state index is 0.0409. The zero-order valence-electron chi connectivity index (χ0n) is 16.3. The molecule has 0 bridgehead atoms. The minimum Gasteiger partial charge on any atom is -0.207 e. The van der Waals surface area contributed by atoms with Crippen molar-refractivity contribution in [3.8, 4) is 0 Å². The molecule has 3 rings (SSSR count). The molecule has 0 unspecified atom stereocenters. The van der Waals surface area contributed by atoms with Crippen LogP contribution in [0.25, 0.3) is 11.7 Å². The first-order valence-electron chi connectivity index (χ1n) is 10.1. The van der Waals surface area contributed by atoms with Crippen LogP contribution in [0, 0.1) is 11.7 Å². The highest BCUT2D eigenvalue weighted by Crippen LogP contribution is 2.38. The third-order valence-electron chi connectivity index (χ3n) is 5.75. The minimum atomic E-state index is -0.964. The van der Waals surface area contributed by atoms with Gasteiger partial charge in [0.25, 0.3) is 0 Å². The molecule has 0 N–H and O–H groups in total. The van der Waals surface area contributed by atoms with E-state index in [-0.39, 0.29) is 11.1 Å². The Morgan fingerprint density at radius 2 is 1.39 bits per heavy atom. The molecule has 0 radical (unpaired) electrons. The van der Waals surface area contributed by atoms with Crippen molar-refractivity contribution >= 4 is 11.7 Å². The summed E-state index contributed by atoms with van der Waals surface area (Å²) in [4.78, 5) is 0. The molecule has 0 atom stereocenters. The summed E-state index contributed by atoms with van der Waals surface area (Å²) in [5.41, 5.74) is 1.45. The van der Waals surface area contributed by atoms with E-state index in [2.05, 4.69) is 19.1 Å². The van der Waals surface area contributed by atoms with Crippen LogP contribution in [-0.2, 0) is 0 Å². The van der Waals surface area contributed by atoms with Crippen LogP contribution in [0.3, 0.4) is 0 Å². The third-order valence-corrected chi connectivity index (χ3v) is 5.75. The van der Waals surface area contributed by atoms with E-state index in [1.807, 2.05) is 12.1 Å². The quantitative estimate of drug-likeness (QED) is 0.348. The second-order valence-electron chi connectivity index (χ2n) is 7.62. The van der Waals surface area contributed by atoms with Gasteiger partial charge in [0, 0.05) is 11.1 Å². The Balaban J connectivity index is 1.63. The van der Waals surface area contributed by atoms with Crippen LogP contribution in [-0.4, -0.2) is 0 Å². The Labute approximate surface area is 165 Å². The monoisotopic (exact) mass is 384 g/mol. The van der Waals surface area contributed by atoms with Gasteiger partial charge in [-0.25, -0.2) is 13.2 Å². The normalized spacial score (nSPS) is 21.0. The molecule has 0 spiro atoms. The number of halogens is 3. The first-order valence-corrected chi connectivity index (χ1v) is 10.1. The van der Waals surface area contributed by atoms with E-state index < -0.39 is 17.5 Å². The van der Waals surface area contributed by atoms with Crippen molar-refractivity contribution in [3.63, 3.8) is 0 Å². The highest BCUT2D eigenvalue weighted by molar-refractivity contribution is 5.83. The maximum atomic E-state index is 14.5. The number of benzene rings is 2. The predicted octanol–water partition coefficient (Wildman–Crippen LogP) is 8.22. The standard InChI is InChI=1S/C25H27F3/c1-2-3-4-5-18-6-8-19(9-7-18)20-10-12-21(13-11-20)24(27)25(28)22-14-16-23(26)17-15-22/h2-3,10-19H,4-9H2,1H3/b3-2+,25-24?. The summed E-state index contributed by atoms with van der Waals surface area (Å²) >= 11 is 0. The molecule has 1 aliphatic carbocycles. The smallest absolute Gasteiger partial charge is 0.166 e. The fraction of sp³-hybridized carbons (Fsp3) is 0.360. The lowest BCUT2D eigenvalue weighted by Crippen LogP contribution is -2.13. The fourth-order valence-corrected chi connectivity index (χ4v) is 4.03. The van der Waals surface area contributed by atoms with Crippen molar-refractivity contribution in [3.05, 3.63) is 83.2 Å². The zero-order chi connectivity index (χ0) is 19.9. The Morgan fingerprint density at radius 1 is 0.857 bits per heavy atom. The summed E-state index contributed by atoms with van der Waals surface area (Å²) in [5.74, 6) is -1.05. The van der Waals surface area contributed by atoms with Gasteiger partial charge in [-0.2, -0.15) is 0 Å². The average molecular weight is 384 g/mol. The number of rotatable bonds is 6. The predicted molar refractivity (Wildman–Crippen MR) is 111 cm³/mol. The van der Waals surface area contributed by atoms with E-state index >= 15 is 0 Å². The lowest BCUT2D eigenvalue weighted by Gasteiger charge is -2.28. The van der Waals surface area contributed by atoms with Gasteiger partial charge < -0.3 is 0 Å². The number of hydrogen-bond donors (Lipinski definition) is 0. The largest absolute Gasteiger partial charge is 0.207 e. The van der Waals surface area contributed by atoms with E-state index in [1.54, 1.807) is 12.1 Å². The SMILES string of the molecule is C/C=C/CCC1CCC(c2ccc(C(F)=C(F)c3ccc(F)cc3)cc2)CC1. The lowest BCUT2D eigenvalue weighted by molar-refractivity contribution is 0.312. The second-order valence-corrected chi connectivity index (χ2v) is 7.62. The van der Waals surface area contributed by atoms with Crippen LogP contribution in [0.4, 0.5) is 13.2 Å². The third kappa shape index (κ3) is 5.15. The Morgan fingerprint density at radius 3 is 1.93 bits per heavy atom. The van der Waals surface area contributed by atoms with Gasteiger partial charge in [-0.05, 0) is 87.1 Å². The van der Waals surface area contributed by atoms with Gasteiger partial charge in [-0.15, -0.1) is 0 Å². The van der Waals surface area contributed by atoms with Crippen molar-refractivity contribution in [2.75, 3.05) is 0 Å². The Kier molecular flexibility index (Phi) is 7.13. The highest BCUT2D eigenvalue weighted by atomic mass is 19.2. The van der Waals surface area contributed by atoms with Gasteiger partial charge in [0.1, 0.15) is 5.82 Å². The fourth-order valence-electron chi connectivity index (χ4n) is 4.03. The molecule has 0 heterocycles. The Bertz CT molecular complexity index is 808. The van der Waals surface area contributed by atoms with Gasteiger partial charge in [0.15, 0.2) is 11.7 Å². The summed E-state index contributed by atoms with van der Waals surface area (Å²) in [6.07, 6.45) is 11.5. The van der Waals surface area contributed by atoms with Crippen LogP contribution < -0.4 is 0 Å². The van der Waals surface area contributed by atoms with Crippen LogP contribution >= 0.6 is 0 Å². The number of allylic oxidation sites excluding steroid dienone is 2. The number of hydrogen-bond acceptors (Lipinski definition) is 0. The van der Waals surface area contributed by atoms with Crippen molar-refractivity contribution in [1.82, 2.24) is 0 Å². The molecule has 0 saturated heterocycles. The summed E-state index contributed by atoms with van der Waals surface area (Å²) in [5, 5.41) is 0. The maximum Gasteiger partial charge on any atom is 0.166 e. The van der Waals surface area contributed by atoms with Crippen LogP contribution in [0.5, 0.6) is 0 Å². The van der Waals surface area contributed by atoms with Gasteiger partial charge in [-0.3, -0.25) is 0 Å². The molecule has 1 saturated carbocycles. The molecular formula is C25H27F3. The molecule has 2 aromatic carbocycles. The highest BCUT2D eigenvalue weighted by Gasteiger charge is 2.22. The van der Waals surface area contributed by atoms with Crippen LogP contribution in [0.15, 0.2) is 60.7 Å². The van der Waals surface area contributed by atoms with E-state index in [9.17, 15) is 13.2 Å². The van der Waals surface area contributed by atoms with Crippen molar-refractivity contribution in [1.29, 1.82) is 0 Å². The molecule has 1 aliphatic rings. The molecule has 1 fully saturated rings. The lowest BCUT2D eigenvalue weighted by atomic mass is 9.77. The second kappa shape index (κ2) is 9.77. The summed E-state index contributed by atoms with van der Waals surface area (Å²) in [6, 6.07) is 11.9. The van der Waals surface area contributed by atoms with Crippen molar-refractivity contribution < 1.29 is 13.2 Å². The molecule has 0 amide bonds. The molecule has 0 aromatic heterocycles. The topological polar surface area (TPSA) is 0 Å². The van der Waals surface area contributed by atoms with E-state index in [0.29, 0.717) is 5.92 Å². The molecule has 0 aliphatic heterocycles. The van der Waals surface area contributed by atoms with Crippen molar-refractivity contribution in [2.24, 2.45) is 5.92 Å². The Hall–Kier alpha value is -2.29. The van der Waals surface area contributed by atoms with Crippen molar-refractivity contribution in [2.45, 2.75) is 51.4 Å². The summed E-state index contributed by atoms with van der Waals surface area (Å²) in [6.45, 7) is 2.06. The van der Waals surface area contributed by atoms with Gasteiger partial charge in [-0.1, -0.05) is 36.4 Å². The molecule has 0 nitrogen and oxygen atoms in total. The molecule has 2 aromatic rings. The van der Waals surface area contributed by atoms with E-state index in [0.717, 1.165) is 37.3 Å². The molecule has 148 valence electrons. The van der Waals surface area contributed by atoms with Gasteiger partial charge in [0.2, 0.25) is 0 Å². The summed E-state index contributed by atoms with van der Waals surface area (Å²) < 4.78 is 41.8. The summed E-state index contributed by atoms with van der Waals surface area (Å²) in [7, 11) is 0. The van der Waals surface area contributed by atoms with Crippen LogP contribution in [0.2, 0.25) is 0 Å². The molecule has 3 heteroatoms. The molecule has 28 heavy (non-hydrogen) atoms. The van der Waals surface area contributed by atoms with Gasteiger partial charge in [0.05, 0.1) is 0 Å². The maximum absolute atomic E-state index is 14.5. The van der Waals surface area contributed by atoms with Gasteiger partial charge >= 0.3 is 0 Å². The average Bonchev–Trinajstić information content (AvgIpc) is 2.74. The van der Waals surface area contributed by atoms with E-state index in [4.69, 9.17) is 0 Å².